The normalized spacial score (nSPS) is 15.6. The Hall–Kier alpha value is -2.71. The zero-order chi connectivity index (χ0) is 19.3. The standard InChI is InChI=1S/C20H23N5O2S/c1-27-18-3-4-19(25-7-2-6-22-25)16(11-18)12-23-8-5-20(26)24(10-9-23)13-17-14-28-15-21-17/h2-4,6-7,11,14-15H,5,8-10,12-13H2,1H3. The Morgan fingerprint density at radius 3 is 2.89 bits per heavy atom. The number of nitrogens with zero attached hydrogens (tertiary/aromatic N) is 5. The summed E-state index contributed by atoms with van der Waals surface area (Å²) in [7, 11) is 1.67. The monoisotopic (exact) mass is 397 g/mol. The zero-order valence-electron chi connectivity index (χ0n) is 15.8. The summed E-state index contributed by atoms with van der Waals surface area (Å²) >= 11 is 1.56. The Bertz CT molecular complexity index is 911. The maximum absolute atomic E-state index is 12.5. The average molecular weight is 398 g/mol. The Balaban J connectivity index is 1.49. The second-order valence-electron chi connectivity index (χ2n) is 6.77. The fraction of sp³-hybridized carbons (Fsp3) is 0.350. The van der Waals surface area contributed by atoms with Gasteiger partial charge in [0.2, 0.25) is 5.91 Å². The molecule has 146 valence electrons. The van der Waals surface area contributed by atoms with Crippen LogP contribution >= 0.6 is 11.3 Å². The minimum Gasteiger partial charge on any atom is -0.497 e. The van der Waals surface area contributed by atoms with E-state index in [1.807, 2.05) is 44.9 Å². The molecule has 7 nitrogen and oxygen atoms in total. The Labute approximate surface area is 168 Å². The van der Waals surface area contributed by atoms with Gasteiger partial charge in [-0.2, -0.15) is 5.10 Å². The molecule has 0 unspecified atom stereocenters. The van der Waals surface area contributed by atoms with Crippen LogP contribution in [-0.4, -0.2) is 57.2 Å². The fourth-order valence-electron chi connectivity index (χ4n) is 3.44. The Kier molecular flexibility index (Phi) is 5.68. The minimum atomic E-state index is 0.188. The van der Waals surface area contributed by atoms with Crippen molar-refractivity contribution in [2.45, 2.75) is 19.5 Å². The van der Waals surface area contributed by atoms with E-state index in [1.165, 1.54) is 0 Å². The van der Waals surface area contributed by atoms with Crippen LogP contribution in [-0.2, 0) is 17.9 Å². The number of aromatic nitrogens is 3. The number of methoxy groups -OCH3 is 1. The van der Waals surface area contributed by atoms with Crippen molar-refractivity contribution < 1.29 is 9.53 Å². The number of thiazole rings is 1. The molecule has 0 aliphatic carbocycles. The first-order valence-corrected chi connectivity index (χ1v) is 10.2. The number of hydrogen-bond donors (Lipinski definition) is 0. The highest BCUT2D eigenvalue weighted by Gasteiger charge is 2.22. The molecule has 1 amide bonds. The third kappa shape index (κ3) is 4.23. The lowest BCUT2D eigenvalue weighted by molar-refractivity contribution is -0.131. The summed E-state index contributed by atoms with van der Waals surface area (Å²) in [5.74, 6) is 1.01. The van der Waals surface area contributed by atoms with E-state index in [1.54, 1.807) is 24.6 Å². The fourth-order valence-corrected chi connectivity index (χ4v) is 3.99. The maximum Gasteiger partial charge on any atom is 0.224 e. The summed E-state index contributed by atoms with van der Waals surface area (Å²) in [6, 6.07) is 7.94. The predicted molar refractivity (Wildman–Crippen MR) is 108 cm³/mol. The lowest BCUT2D eigenvalue weighted by Crippen LogP contribution is -2.32. The minimum absolute atomic E-state index is 0.188. The molecule has 0 bridgehead atoms. The van der Waals surface area contributed by atoms with Crippen molar-refractivity contribution in [3.05, 3.63) is 58.8 Å². The number of hydrogen-bond acceptors (Lipinski definition) is 6. The van der Waals surface area contributed by atoms with Crippen LogP contribution in [0.2, 0.25) is 0 Å². The maximum atomic E-state index is 12.5. The summed E-state index contributed by atoms with van der Waals surface area (Å²) in [6.45, 7) is 3.60. The van der Waals surface area contributed by atoms with Crippen LogP contribution in [0.4, 0.5) is 0 Å². The number of ether oxygens (including phenoxy) is 1. The van der Waals surface area contributed by atoms with Gasteiger partial charge in [-0.15, -0.1) is 11.3 Å². The largest absolute Gasteiger partial charge is 0.497 e. The van der Waals surface area contributed by atoms with Gasteiger partial charge in [-0.25, -0.2) is 9.67 Å². The van der Waals surface area contributed by atoms with Gasteiger partial charge in [0, 0.05) is 50.4 Å². The number of rotatable bonds is 6. The van der Waals surface area contributed by atoms with Gasteiger partial charge < -0.3 is 9.64 Å². The van der Waals surface area contributed by atoms with Crippen molar-refractivity contribution in [2.75, 3.05) is 26.7 Å². The first-order chi connectivity index (χ1) is 13.7. The molecule has 0 saturated carbocycles. The Morgan fingerprint density at radius 1 is 1.21 bits per heavy atom. The third-order valence-electron chi connectivity index (χ3n) is 4.95. The second-order valence-corrected chi connectivity index (χ2v) is 7.49. The van der Waals surface area contributed by atoms with E-state index in [9.17, 15) is 4.79 Å². The molecule has 8 heteroatoms. The van der Waals surface area contributed by atoms with Gasteiger partial charge >= 0.3 is 0 Å². The predicted octanol–water partition coefficient (Wildman–Crippen LogP) is 2.57. The SMILES string of the molecule is COc1ccc(-n2cccn2)c(CN2CCC(=O)N(Cc3cscn3)CC2)c1. The number of amides is 1. The molecule has 3 heterocycles. The van der Waals surface area contributed by atoms with E-state index < -0.39 is 0 Å². The van der Waals surface area contributed by atoms with Crippen LogP contribution < -0.4 is 4.74 Å². The van der Waals surface area contributed by atoms with Crippen LogP contribution in [0.3, 0.4) is 0 Å². The summed E-state index contributed by atoms with van der Waals surface area (Å²) in [5, 5.41) is 6.37. The second kappa shape index (κ2) is 8.53. The van der Waals surface area contributed by atoms with Gasteiger partial charge in [-0.3, -0.25) is 9.69 Å². The van der Waals surface area contributed by atoms with Gasteiger partial charge in [0.25, 0.3) is 0 Å². The number of carbonyl (C=O) groups is 1. The van der Waals surface area contributed by atoms with Gasteiger partial charge in [0.15, 0.2) is 0 Å². The van der Waals surface area contributed by atoms with E-state index in [-0.39, 0.29) is 5.91 Å². The molecule has 28 heavy (non-hydrogen) atoms. The van der Waals surface area contributed by atoms with Crippen molar-refractivity contribution in [3.63, 3.8) is 0 Å². The van der Waals surface area contributed by atoms with Crippen LogP contribution in [0, 0.1) is 0 Å². The number of benzene rings is 1. The summed E-state index contributed by atoms with van der Waals surface area (Å²) in [4.78, 5) is 21.1. The molecule has 1 aliphatic heterocycles. The highest BCUT2D eigenvalue weighted by molar-refractivity contribution is 7.07. The van der Waals surface area contributed by atoms with Crippen LogP contribution in [0.1, 0.15) is 17.7 Å². The summed E-state index contributed by atoms with van der Waals surface area (Å²) in [6.07, 6.45) is 4.23. The van der Waals surface area contributed by atoms with Gasteiger partial charge in [-0.1, -0.05) is 0 Å². The molecule has 1 fully saturated rings. The van der Waals surface area contributed by atoms with E-state index in [0.717, 1.165) is 42.3 Å². The molecule has 1 saturated heterocycles. The lowest BCUT2D eigenvalue weighted by atomic mass is 10.1. The lowest BCUT2D eigenvalue weighted by Gasteiger charge is -2.23. The quantitative estimate of drug-likeness (QED) is 0.640. The van der Waals surface area contributed by atoms with E-state index in [0.29, 0.717) is 19.5 Å². The topological polar surface area (TPSA) is 63.5 Å². The molecular weight excluding hydrogens is 374 g/mol. The van der Waals surface area contributed by atoms with Crippen molar-refractivity contribution in [1.29, 1.82) is 0 Å². The molecular formula is C20H23N5O2S. The first-order valence-electron chi connectivity index (χ1n) is 9.27. The molecule has 0 atom stereocenters. The molecule has 0 N–H and O–H groups in total. The van der Waals surface area contributed by atoms with Crippen molar-refractivity contribution in [3.8, 4) is 11.4 Å². The molecule has 4 rings (SSSR count). The molecule has 2 aromatic heterocycles. The molecule has 0 spiro atoms. The van der Waals surface area contributed by atoms with Crippen LogP contribution in [0.15, 0.2) is 47.5 Å². The molecule has 0 radical (unpaired) electrons. The van der Waals surface area contributed by atoms with E-state index in [4.69, 9.17) is 4.74 Å². The van der Waals surface area contributed by atoms with Crippen molar-refractivity contribution >= 4 is 17.2 Å². The average Bonchev–Trinajstić information content (AvgIpc) is 3.39. The molecule has 1 aliphatic rings. The van der Waals surface area contributed by atoms with Gasteiger partial charge in [0.05, 0.1) is 30.5 Å². The highest BCUT2D eigenvalue weighted by Crippen LogP contribution is 2.23. The molecule has 3 aromatic rings. The van der Waals surface area contributed by atoms with Crippen molar-refractivity contribution in [1.82, 2.24) is 24.6 Å². The van der Waals surface area contributed by atoms with Gasteiger partial charge in [-0.05, 0) is 29.8 Å². The first kappa shape index (κ1) is 18.6. The Morgan fingerprint density at radius 2 is 2.14 bits per heavy atom. The van der Waals surface area contributed by atoms with Crippen LogP contribution in [0.5, 0.6) is 5.75 Å². The van der Waals surface area contributed by atoms with Crippen molar-refractivity contribution in [2.24, 2.45) is 0 Å². The smallest absolute Gasteiger partial charge is 0.224 e. The van der Waals surface area contributed by atoms with Gasteiger partial charge in [0.1, 0.15) is 5.75 Å². The third-order valence-corrected chi connectivity index (χ3v) is 5.58. The highest BCUT2D eigenvalue weighted by atomic mass is 32.1. The van der Waals surface area contributed by atoms with Crippen LogP contribution in [0.25, 0.3) is 5.69 Å². The molecule has 1 aromatic carbocycles. The zero-order valence-corrected chi connectivity index (χ0v) is 16.6. The number of carbonyl (C=O) groups excluding carboxylic acids is 1. The van der Waals surface area contributed by atoms with E-state index in [2.05, 4.69) is 21.0 Å². The van der Waals surface area contributed by atoms with E-state index >= 15 is 0 Å². The summed E-state index contributed by atoms with van der Waals surface area (Å²) in [5.41, 5.74) is 4.92. The summed E-state index contributed by atoms with van der Waals surface area (Å²) < 4.78 is 7.28.